The van der Waals surface area contributed by atoms with E-state index >= 15 is 0 Å². The van der Waals surface area contributed by atoms with Crippen LogP contribution in [0.1, 0.15) is 48.0 Å². The minimum Gasteiger partial charge on any atom is -0.870 e. The molecule has 0 saturated heterocycles. The molecule has 206 valence electrons. The van der Waals surface area contributed by atoms with Crippen LogP contribution in [0.15, 0.2) is 60.7 Å². The molecule has 3 aromatic carbocycles. The molecule has 1 saturated carbocycles. The molecule has 4 N–H and O–H groups in total. The van der Waals surface area contributed by atoms with E-state index in [1.807, 2.05) is 30.3 Å². The minimum absolute atomic E-state index is 0. The third-order valence-electron chi connectivity index (χ3n) is 6.76. The summed E-state index contributed by atoms with van der Waals surface area (Å²) in [6.07, 6.45) is 4.29. The van der Waals surface area contributed by atoms with Gasteiger partial charge in [-0.15, -0.1) is 0 Å². The van der Waals surface area contributed by atoms with Gasteiger partial charge in [0, 0.05) is 15.1 Å². The Morgan fingerprint density at radius 1 is 0.875 bits per heavy atom. The fraction of sp³-hybridized carbons (Fsp3) is 0.276. The molecule has 40 heavy (non-hydrogen) atoms. The van der Waals surface area contributed by atoms with Crippen LogP contribution >= 0.6 is 34.8 Å². The first-order chi connectivity index (χ1) is 18.2. The number of carboxylic acids is 1. The number of rotatable bonds is 8. The molecule has 0 aromatic heterocycles. The summed E-state index contributed by atoms with van der Waals surface area (Å²) in [5, 5.41) is 16.2. The van der Waals surface area contributed by atoms with Crippen molar-refractivity contribution in [3.05, 3.63) is 86.9 Å². The fourth-order valence-electron chi connectivity index (χ4n) is 4.82. The maximum absolute atomic E-state index is 13.4. The molecule has 7 nitrogen and oxygen atoms in total. The van der Waals surface area contributed by atoms with Crippen LogP contribution in [0.5, 0.6) is 0 Å². The second-order valence-corrected chi connectivity index (χ2v) is 10.6. The number of nitrogens with one attached hydrogen (secondary N) is 2. The molecular weight excluding hydrogens is 570 g/mol. The van der Waals surface area contributed by atoms with Crippen molar-refractivity contribution in [2.24, 2.45) is 5.92 Å². The maximum Gasteiger partial charge on any atom is 1.00 e. The van der Waals surface area contributed by atoms with Gasteiger partial charge in [0.1, 0.15) is 6.04 Å². The van der Waals surface area contributed by atoms with E-state index in [2.05, 4.69) is 10.6 Å². The molecule has 1 aliphatic carbocycles. The zero-order valence-corrected chi connectivity index (χ0v) is 24.2. The SMILES string of the molecule is O=C(Cc1c(Cl)cc(Cl)cc1Cl)Nc1cc(-c2ccccc2)ccc1C(=O)N[C@H](C(=O)O)C1CCCCC1.[Li+].[OH-]. The Hall–Kier alpha value is -2.50. The first-order valence-electron chi connectivity index (χ1n) is 12.4. The molecule has 1 fully saturated rings. The van der Waals surface area contributed by atoms with E-state index in [-0.39, 0.29) is 58.0 Å². The molecule has 3 aromatic rings. The predicted octanol–water partition coefficient (Wildman–Crippen LogP) is 4.09. The van der Waals surface area contributed by atoms with E-state index in [9.17, 15) is 19.5 Å². The van der Waals surface area contributed by atoms with Crippen LogP contribution in [0.4, 0.5) is 5.69 Å². The minimum atomic E-state index is -1.07. The average Bonchev–Trinajstić information content (AvgIpc) is 2.90. The van der Waals surface area contributed by atoms with Crippen molar-refractivity contribution >= 4 is 58.3 Å². The number of aliphatic carboxylic acids is 1. The second kappa shape index (κ2) is 15.5. The molecule has 0 heterocycles. The van der Waals surface area contributed by atoms with Crippen LogP contribution < -0.4 is 29.5 Å². The van der Waals surface area contributed by atoms with Crippen LogP contribution in [0.25, 0.3) is 11.1 Å². The molecular formula is C29H28Cl3LiN2O5. The summed E-state index contributed by atoms with van der Waals surface area (Å²) in [7, 11) is 0. The quantitative estimate of drug-likeness (QED) is 0.338. The Morgan fingerprint density at radius 3 is 2.10 bits per heavy atom. The second-order valence-electron chi connectivity index (χ2n) is 9.39. The van der Waals surface area contributed by atoms with Gasteiger partial charge in [0.05, 0.1) is 17.7 Å². The van der Waals surface area contributed by atoms with Crippen molar-refractivity contribution in [1.29, 1.82) is 0 Å². The summed E-state index contributed by atoms with van der Waals surface area (Å²) in [6, 6.07) is 16.6. The van der Waals surface area contributed by atoms with Gasteiger partial charge in [-0.05, 0) is 59.7 Å². The summed E-state index contributed by atoms with van der Waals surface area (Å²) in [6.45, 7) is 0. The van der Waals surface area contributed by atoms with E-state index in [0.717, 1.165) is 43.2 Å². The Labute approximate surface area is 260 Å². The van der Waals surface area contributed by atoms with Gasteiger partial charge in [0.15, 0.2) is 0 Å². The zero-order valence-electron chi connectivity index (χ0n) is 21.9. The first kappa shape index (κ1) is 33.7. The summed E-state index contributed by atoms with van der Waals surface area (Å²) in [5.74, 6) is -2.22. The number of benzene rings is 3. The van der Waals surface area contributed by atoms with Crippen molar-refractivity contribution in [3.8, 4) is 11.1 Å². The standard InChI is InChI=1S/C29H27Cl3N2O4.Li.H2O/c30-20-14-23(31)22(24(32)15-20)16-26(35)33-25-13-19(17-7-3-1-4-8-17)11-12-21(25)28(36)34-27(29(37)38)18-9-5-2-6-10-18;;/h1,3-4,7-8,11-15,18,27H,2,5-6,9-10,16H2,(H,33,35)(H,34,36)(H,37,38);;1H2/q;+1;/p-1/t27-;;/m0../s1. The van der Waals surface area contributed by atoms with Gasteiger partial charge in [0.25, 0.3) is 5.91 Å². The molecule has 0 aliphatic heterocycles. The van der Waals surface area contributed by atoms with Gasteiger partial charge < -0.3 is 21.2 Å². The number of hydrogen-bond acceptors (Lipinski definition) is 4. The Morgan fingerprint density at radius 2 is 1.50 bits per heavy atom. The van der Waals surface area contributed by atoms with Crippen LogP contribution in [-0.2, 0) is 16.0 Å². The molecule has 1 aliphatic rings. The van der Waals surface area contributed by atoms with E-state index in [4.69, 9.17) is 34.8 Å². The van der Waals surface area contributed by atoms with E-state index < -0.39 is 23.8 Å². The van der Waals surface area contributed by atoms with Crippen LogP contribution in [-0.4, -0.2) is 34.4 Å². The molecule has 0 unspecified atom stereocenters. The summed E-state index contributed by atoms with van der Waals surface area (Å²) < 4.78 is 0. The van der Waals surface area contributed by atoms with Gasteiger partial charge in [-0.1, -0.05) is 90.5 Å². The van der Waals surface area contributed by atoms with Gasteiger partial charge in [-0.3, -0.25) is 9.59 Å². The van der Waals surface area contributed by atoms with Crippen LogP contribution in [0, 0.1) is 5.92 Å². The molecule has 2 amide bonds. The zero-order chi connectivity index (χ0) is 27.2. The molecule has 0 bridgehead atoms. The van der Waals surface area contributed by atoms with E-state index in [1.54, 1.807) is 18.2 Å². The number of halogens is 3. The van der Waals surface area contributed by atoms with Crippen molar-refractivity contribution in [2.45, 2.75) is 44.6 Å². The van der Waals surface area contributed by atoms with Crippen molar-refractivity contribution in [3.63, 3.8) is 0 Å². The van der Waals surface area contributed by atoms with Gasteiger partial charge in [-0.25, -0.2) is 4.79 Å². The molecule has 11 heteroatoms. The Kier molecular flexibility index (Phi) is 13.0. The summed E-state index contributed by atoms with van der Waals surface area (Å²) in [5.41, 5.74) is 2.49. The average molecular weight is 598 g/mol. The Bertz CT molecular complexity index is 1330. The largest absolute Gasteiger partial charge is 1.00 e. The summed E-state index contributed by atoms with van der Waals surface area (Å²) >= 11 is 18.5. The van der Waals surface area contributed by atoms with Gasteiger partial charge in [-0.2, -0.15) is 0 Å². The fourth-order valence-corrected chi connectivity index (χ4v) is 5.77. The number of amides is 2. The van der Waals surface area contributed by atoms with Crippen molar-refractivity contribution < 1.29 is 43.8 Å². The van der Waals surface area contributed by atoms with Crippen molar-refractivity contribution in [2.75, 3.05) is 5.32 Å². The van der Waals surface area contributed by atoms with Gasteiger partial charge in [0.2, 0.25) is 5.91 Å². The smallest absolute Gasteiger partial charge is 0.870 e. The molecule has 0 spiro atoms. The number of anilines is 1. The van der Waals surface area contributed by atoms with Crippen LogP contribution in [0.3, 0.4) is 0 Å². The van der Waals surface area contributed by atoms with Gasteiger partial charge >= 0.3 is 24.8 Å². The third-order valence-corrected chi connectivity index (χ3v) is 7.66. The number of carbonyl (C=O) groups is 3. The third kappa shape index (κ3) is 8.50. The van der Waals surface area contributed by atoms with Crippen molar-refractivity contribution in [1.82, 2.24) is 5.32 Å². The normalized spacial score (nSPS) is 13.8. The van der Waals surface area contributed by atoms with Crippen LogP contribution in [0.2, 0.25) is 15.1 Å². The predicted molar refractivity (Wildman–Crippen MR) is 153 cm³/mol. The monoisotopic (exact) mass is 596 g/mol. The topological polar surface area (TPSA) is 126 Å². The van der Waals surface area contributed by atoms with E-state index in [0.29, 0.717) is 10.6 Å². The first-order valence-corrected chi connectivity index (χ1v) is 13.5. The molecule has 4 rings (SSSR count). The Balaban J connectivity index is 0.00000280. The maximum atomic E-state index is 13.4. The number of hydrogen-bond donors (Lipinski definition) is 3. The van der Waals surface area contributed by atoms with E-state index in [1.165, 1.54) is 12.1 Å². The number of carboxylic acid groups (broad SMARTS) is 1. The number of carbonyl (C=O) groups excluding carboxylic acids is 2. The summed E-state index contributed by atoms with van der Waals surface area (Å²) in [4.78, 5) is 38.5. The molecule has 0 radical (unpaired) electrons. The molecule has 1 atom stereocenters.